The van der Waals surface area contributed by atoms with E-state index in [-0.39, 0.29) is 11.5 Å². The van der Waals surface area contributed by atoms with Crippen LogP contribution in [0.2, 0.25) is 0 Å². The standard InChI is InChI=1S/C27H45NO3.C6H8O7/c1-5-19-16-28(12-13-31-19)24-15-27(4)18(14-25(24)30)6-7-20-22-9-8-21(17(2)29)26(22,3)11-10-23(20)27;7-3(8)1-6(13,5(11)12)2-4(9)10/h18-25,30H,5-16H2,1-4H3;13H,1-2H2,(H,7,8)(H,9,10)(H,11,12)/t18-,19+,20-,21+,22-,23-,24-,25-,26+,27-;/m0./s1. The van der Waals surface area contributed by atoms with Gasteiger partial charge >= 0.3 is 17.9 Å². The van der Waals surface area contributed by atoms with E-state index in [1.807, 2.05) is 6.92 Å². The molecule has 10 atom stereocenters. The third-order valence-electron chi connectivity index (χ3n) is 12.6. The normalized spacial score (nSPS) is 40.4. The molecule has 1 aliphatic heterocycles. The second-order valence-electron chi connectivity index (χ2n) is 14.9. The molecule has 11 heteroatoms. The van der Waals surface area contributed by atoms with Crippen molar-refractivity contribution in [1.82, 2.24) is 4.90 Å². The van der Waals surface area contributed by atoms with Crippen LogP contribution < -0.4 is 0 Å². The number of carboxylic acids is 3. The van der Waals surface area contributed by atoms with Gasteiger partial charge < -0.3 is 30.3 Å². The first kappa shape index (κ1) is 34.8. The van der Waals surface area contributed by atoms with Gasteiger partial charge in [-0.25, -0.2) is 4.79 Å². The smallest absolute Gasteiger partial charge is 0.336 e. The summed E-state index contributed by atoms with van der Waals surface area (Å²) in [5, 5.41) is 45.0. The fourth-order valence-electron chi connectivity index (χ4n) is 10.3. The minimum atomic E-state index is -2.74. The molecule has 0 bridgehead atoms. The number of carboxylic acid groups (broad SMARTS) is 3. The Morgan fingerprint density at radius 2 is 1.57 bits per heavy atom. The molecule has 1 heterocycles. The average Bonchev–Trinajstić information content (AvgIpc) is 3.30. The number of aliphatic hydroxyl groups excluding tert-OH is 1. The first-order valence-electron chi connectivity index (χ1n) is 16.5. The Kier molecular flexibility index (Phi) is 10.5. The summed E-state index contributed by atoms with van der Waals surface area (Å²) in [6, 6.07) is 0.291. The van der Waals surface area contributed by atoms with E-state index < -0.39 is 36.4 Å². The predicted molar refractivity (Wildman–Crippen MR) is 160 cm³/mol. The van der Waals surface area contributed by atoms with Crippen molar-refractivity contribution in [2.75, 3.05) is 19.7 Å². The van der Waals surface area contributed by atoms with Crippen LogP contribution in [0.4, 0.5) is 0 Å². The van der Waals surface area contributed by atoms with E-state index in [0.717, 1.165) is 63.1 Å². The second kappa shape index (κ2) is 13.3. The number of carbonyl (C=O) groups excluding carboxylic acids is 1. The molecule has 250 valence electrons. The topological polar surface area (TPSA) is 182 Å². The molecule has 5 fully saturated rings. The summed E-state index contributed by atoms with van der Waals surface area (Å²) in [6.45, 7) is 11.8. The maximum atomic E-state index is 12.4. The fourth-order valence-corrected chi connectivity index (χ4v) is 10.3. The van der Waals surface area contributed by atoms with Crippen LogP contribution in [0, 0.1) is 40.4 Å². The van der Waals surface area contributed by atoms with Crippen molar-refractivity contribution in [2.45, 2.75) is 122 Å². The summed E-state index contributed by atoms with van der Waals surface area (Å²) >= 11 is 0. The lowest BCUT2D eigenvalue weighted by molar-refractivity contribution is -0.170. The third-order valence-corrected chi connectivity index (χ3v) is 12.6. The van der Waals surface area contributed by atoms with Crippen LogP contribution in [0.15, 0.2) is 0 Å². The van der Waals surface area contributed by atoms with Gasteiger partial charge in [0.15, 0.2) is 5.60 Å². The summed E-state index contributed by atoms with van der Waals surface area (Å²) in [4.78, 5) is 45.5. The molecule has 0 aromatic carbocycles. The number of Topliss-reactive ketones (excluding diaryl/α,β-unsaturated/α-hetero) is 1. The van der Waals surface area contributed by atoms with E-state index in [9.17, 15) is 24.3 Å². The number of aliphatic hydroxyl groups is 2. The fraction of sp³-hybridized carbons (Fsp3) is 0.879. The highest BCUT2D eigenvalue weighted by Crippen LogP contribution is 2.67. The first-order chi connectivity index (χ1) is 20.6. The number of ether oxygens (including phenoxy) is 1. The summed E-state index contributed by atoms with van der Waals surface area (Å²) in [5.41, 5.74) is -2.16. The monoisotopic (exact) mass is 623 g/mol. The van der Waals surface area contributed by atoms with Gasteiger partial charge in [-0.3, -0.25) is 19.3 Å². The molecule has 5 rings (SSSR count). The maximum Gasteiger partial charge on any atom is 0.336 e. The van der Waals surface area contributed by atoms with Crippen molar-refractivity contribution >= 4 is 23.7 Å². The van der Waals surface area contributed by atoms with Crippen LogP contribution in [0.1, 0.15) is 98.3 Å². The van der Waals surface area contributed by atoms with E-state index in [1.165, 1.54) is 32.1 Å². The van der Waals surface area contributed by atoms with Gasteiger partial charge in [0, 0.05) is 25.0 Å². The van der Waals surface area contributed by atoms with Gasteiger partial charge in [0.05, 0.1) is 31.7 Å². The Hall–Kier alpha value is -2.08. The first-order valence-corrected chi connectivity index (χ1v) is 16.5. The molecule has 0 amide bonds. The highest BCUT2D eigenvalue weighted by molar-refractivity contribution is 5.88. The van der Waals surface area contributed by atoms with Crippen molar-refractivity contribution in [1.29, 1.82) is 0 Å². The molecule has 0 spiro atoms. The summed E-state index contributed by atoms with van der Waals surface area (Å²) in [6.07, 6.45) is 8.53. The lowest BCUT2D eigenvalue weighted by Crippen LogP contribution is -2.61. The molecular formula is C33H53NO10. The lowest BCUT2D eigenvalue weighted by Gasteiger charge is -2.62. The Bertz CT molecular complexity index is 1080. The van der Waals surface area contributed by atoms with Crippen molar-refractivity contribution in [3.8, 4) is 0 Å². The van der Waals surface area contributed by atoms with Crippen LogP contribution in [-0.4, -0.2) is 97.7 Å². The number of aliphatic carboxylic acids is 3. The molecule has 4 aliphatic carbocycles. The van der Waals surface area contributed by atoms with Gasteiger partial charge in [0.2, 0.25) is 0 Å². The van der Waals surface area contributed by atoms with Gasteiger partial charge in [-0.15, -0.1) is 0 Å². The molecule has 5 aliphatic rings. The van der Waals surface area contributed by atoms with Gasteiger partial charge in [0.1, 0.15) is 5.78 Å². The lowest BCUT2D eigenvalue weighted by atomic mass is 9.44. The summed E-state index contributed by atoms with van der Waals surface area (Å²) < 4.78 is 5.94. The molecule has 5 N–H and O–H groups in total. The van der Waals surface area contributed by atoms with E-state index in [1.54, 1.807) is 0 Å². The zero-order valence-electron chi connectivity index (χ0n) is 26.7. The SMILES string of the molecule is CC[C@@H]1CN([C@H]2C[C@@]3(C)[C@@H](CC[C@@H]4[C@@H]3CC[C@]3(C)[C@@H](C(C)=O)CC[C@@H]43)C[C@@H]2O)CCO1.O=C(O)CC(O)(CC(=O)O)C(=O)O. The zero-order valence-corrected chi connectivity index (χ0v) is 26.7. The minimum Gasteiger partial charge on any atom is -0.481 e. The zero-order chi connectivity index (χ0) is 32.6. The number of fused-ring (bicyclic) bond motifs is 5. The Labute approximate surface area is 260 Å². The van der Waals surface area contributed by atoms with Crippen LogP contribution in [0.5, 0.6) is 0 Å². The molecule has 0 unspecified atom stereocenters. The summed E-state index contributed by atoms with van der Waals surface area (Å²) in [5.74, 6) is -1.34. The van der Waals surface area contributed by atoms with Gasteiger partial charge in [-0.05, 0) is 99.2 Å². The van der Waals surface area contributed by atoms with E-state index >= 15 is 0 Å². The van der Waals surface area contributed by atoms with Crippen molar-refractivity contribution in [3.63, 3.8) is 0 Å². The number of hydrogen-bond acceptors (Lipinski definition) is 8. The molecule has 4 saturated carbocycles. The molecule has 0 aromatic rings. The Morgan fingerprint density at radius 1 is 0.932 bits per heavy atom. The highest BCUT2D eigenvalue weighted by atomic mass is 16.5. The van der Waals surface area contributed by atoms with Crippen LogP contribution in [0.25, 0.3) is 0 Å². The van der Waals surface area contributed by atoms with Crippen LogP contribution in [-0.2, 0) is 23.9 Å². The predicted octanol–water partition coefficient (Wildman–Crippen LogP) is 3.44. The quantitative estimate of drug-likeness (QED) is 0.267. The van der Waals surface area contributed by atoms with Crippen LogP contribution in [0.3, 0.4) is 0 Å². The van der Waals surface area contributed by atoms with Crippen molar-refractivity contribution < 1.29 is 49.4 Å². The number of morpholine rings is 1. The largest absolute Gasteiger partial charge is 0.481 e. The molecule has 0 radical (unpaired) electrons. The van der Waals surface area contributed by atoms with Gasteiger partial charge in [-0.2, -0.15) is 0 Å². The number of rotatable bonds is 8. The molecular weight excluding hydrogens is 570 g/mol. The third kappa shape index (κ3) is 6.71. The summed E-state index contributed by atoms with van der Waals surface area (Å²) in [7, 11) is 0. The number of nitrogens with zero attached hydrogens (tertiary/aromatic N) is 1. The Balaban J connectivity index is 0.000000289. The minimum absolute atomic E-state index is 0.187. The van der Waals surface area contributed by atoms with Crippen molar-refractivity contribution in [2.24, 2.45) is 40.4 Å². The van der Waals surface area contributed by atoms with Crippen LogP contribution >= 0.6 is 0 Å². The highest BCUT2D eigenvalue weighted by Gasteiger charge is 2.62. The molecule has 44 heavy (non-hydrogen) atoms. The molecule has 1 saturated heterocycles. The van der Waals surface area contributed by atoms with E-state index in [2.05, 4.69) is 25.7 Å². The van der Waals surface area contributed by atoms with Crippen molar-refractivity contribution in [3.05, 3.63) is 0 Å². The number of ketones is 1. The Morgan fingerprint density at radius 3 is 2.14 bits per heavy atom. The van der Waals surface area contributed by atoms with E-state index in [0.29, 0.717) is 35.2 Å². The second-order valence-corrected chi connectivity index (χ2v) is 14.9. The maximum absolute atomic E-state index is 12.4. The van der Waals surface area contributed by atoms with E-state index in [4.69, 9.17) is 25.2 Å². The molecule has 11 nitrogen and oxygen atoms in total. The number of hydrogen-bond donors (Lipinski definition) is 5. The molecule has 0 aromatic heterocycles. The number of carbonyl (C=O) groups is 4. The van der Waals surface area contributed by atoms with Gasteiger partial charge in [-0.1, -0.05) is 20.8 Å². The average molecular weight is 624 g/mol. The van der Waals surface area contributed by atoms with Gasteiger partial charge in [0.25, 0.3) is 0 Å².